The average Bonchev–Trinajstić information content (AvgIpc) is 2.47. The molecule has 0 saturated heterocycles. The lowest BCUT2D eigenvalue weighted by Gasteiger charge is -2.05. The Kier molecular flexibility index (Phi) is 2.44. The molecule has 0 radical (unpaired) electrons. The molecule has 2 nitrogen and oxygen atoms in total. The van der Waals surface area contributed by atoms with Crippen molar-refractivity contribution in [2.24, 2.45) is 0 Å². The molecule has 0 N–H and O–H groups in total. The average molecular weight is 325 g/mol. The fraction of sp³-hybridized carbons (Fsp3) is 0. The second kappa shape index (κ2) is 4.18. The summed E-state index contributed by atoms with van der Waals surface area (Å²) in [6.07, 6.45) is 0. The van der Waals surface area contributed by atoms with Gasteiger partial charge in [-0.3, -0.25) is 4.79 Å². The van der Waals surface area contributed by atoms with E-state index in [2.05, 4.69) is 15.9 Å². The quantitative estimate of drug-likeness (QED) is 0.341. The lowest BCUT2D eigenvalue weighted by molar-refractivity contribution is 0.664. The van der Waals surface area contributed by atoms with Crippen molar-refractivity contribution < 1.29 is 4.42 Å². The molecule has 0 bridgehead atoms. The highest BCUT2D eigenvalue weighted by Gasteiger charge is 2.10. The fourth-order valence-corrected chi connectivity index (χ4v) is 2.91. The van der Waals surface area contributed by atoms with Crippen LogP contribution in [0, 0.1) is 0 Å². The zero-order valence-corrected chi connectivity index (χ0v) is 12.0. The van der Waals surface area contributed by atoms with Crippen molar-refractivity contribution in [2.45, 2.75) is 0 Å². The van der Waals surface area contributed by atoms with Crippen LogP contribution >= 0.6 is 15.9 Å². The van der Waals surface area contributed by atoms with Crippen LogP contribution in [-0.4, -0.2) is 0 Å². The van der Waals surface area contributed by atoms with E-state index < -0.39 is 0 Å². The highest BCUT2D eigenvalue weighted by atomic mass is 79.9. The molecule has 20 heavy (non-hydrogen) atoms. The molecular weight excluding hydrogens is 316 g/mol. The maximum Gasteiger partial charge on any atom is 0.200 e. The van der Waals surface area contributed by atoms with Gasteiger partial charge in [0.15, 0.2) is 0 Å². The Morgan fingerprint density at radius 3 is 2.55 bits per heavy atom. The molecule has 1 heterocycles. The number of hydrogen-bond acceptors (Lipinski definition) is 2. The van der Waals surface area contributed by atoms with Crippen molar-refractivity contribution in [3.63, 3.8) is 0 Å². The molecular formula is C17H9BrO2. The molecule has 0 amide bonds. The van der Waals surface area contributed by atoms with Gasteiger partial charge in [-0.1, -0.05) is 40.2 Å². The van der Waals surface area contributed by atoms with E-state index in [1.807, 2.05) is 48.5 Å². The van der Waals surface area contributed by atoms with Crippen LogP contribution < -0.4 is 5.43 Å². The molecule has 4 rings (SSSR count). The molecule has 0 aliphatic carbocycles. The van der Waals surface area contributed by atoms with Gasteiger partial charge in [-0.2, -0.15) is 0 Å². The van der Waals surface area contributed by atoms with Gasteiger partial charge < -0.3 is 4.42 Å². The predicted octanol–water partition coefficient (Wildman–Crippen LogP) is 4.86. The number of para-hydroxylation sites is 1. The highest BCUT2D eigenvalue weighted by Crippen LogP contribution is 2.28. The summed E-state index contributed by atoms with van der Waals surface area (Å²) in [7, 11) is 0. The van der Waals surface area contributed by atoms with E-state index >= 15 is 0 Å². The van der Waals surface area contributed by atoms with Crippen molar-refractivity contribution in [2.75, 3.05) is 0 Å². The first-order valence-electron chi connectivity index (χ1n) is 6.28. The van der Waals surface area contributed by atoms with Crippen molar-refractivity contribution >= 4 is 48.6 Å². The maximum atomic E-state index is 12.5. The molecule has 0 aliphatic rings. The molecule has 0 spiro atoms. The Balaban J connectivity index is 2.33. The van der Waals surface area contributed by atoms with E-state index in [1.165, 1.54) is 0 Å². The van der Waals surface area contributed by atoms with Gasteiger partial charge in [0.2, 0.25) is 5.43 Å². The van der Waals surface area contributed by atoms with Crippen LogP contribution in [0.3, 0.4) is 0 Å². The number of halogens is 1. The van der Waals surface area contributed by atoms with Crippen molar-refractivity contribution in [1.29, 1.82) is 0 Å². The minimum absolute atomic E-state index is 0.0173. The van der Waals surface area contributed by atoms with Crippen LogP contribution in [0.15, 0.2) is 68.3 Å². The van der Waals surface area contributed by atoms with Crippen LogP contribution in [0.4, 0.5) is 0 Å². The summed E-state index contributed by atoms with van der Waals surface area (Å²) < 4.78 is 6.94. The van der Waals surface area contributed by atoms with E-state index in [9.17, 15) is 4.79 Å². The summed E-state index contributed by atoms with van der Waals surface area (Å²) in [5.41, 5.74) is 1.29. The van der Waals surface area contributed by atoms with Crippen LogP contribution in [-0.2, 0) is 0 Å². The molecule has 1 aromatic heterocycles. The van der Waals surface area contributed by atoms with E-state index in [0.29, 0.717) is 21.9 Å². The van der Waals surface area contributed by atoms with E-state index in [1.54, 1.807) is 6.07 Å². The van der Waals surface area contributed by atoms with Gasteiger partial charge in [-0.25, -0.2) is 0 Å². The Morgan fingerprint density at radius 1 is 0.850 bits per heavy atom. The molecule has 3 aromatic carbocycles. The molecule has 96 valence electrons. The van der Waals surface area contributed by atoms with Gasteiger partial charge in [-0.05, 0) is 35.7 Å². The van der Waals surface area contributed by atoms with Gasteiger partial charge >= 0.3 is 0 Å². The van der Waals surface area contributed by atoms with Crippen LogP contribution in [0.2, 0.25) is 0 Å². The second-order valence-corrected chi connectivity index (χ2v) is 5.65. The number of hydrogen-bond donors (Lipinski definition) is 0. The summed E-state index contributed by atoms with van der Waals surface area (Å²) in [6.45, 7) is 0. The zero-order chi connectivity index (χ0) is 13.7. The number of fused-ring (bicyclic) bond motifs is 4. The van der Waals surface area contributed by atoms with Gasteiger partial charge in [-0.15, -0.1) is 0 Å². The van der Waals surface area contributed by atoms with Gasteiger partial charge in [0.05, 0.1) is 10.8 Å². The first kappa shape index (κ1) is 11.7. The molecule has 4 aromatic rings. The standard InChI is InChI=1S/C17H9BrO2/c18-11-7-5-10-6-8-13-16(19)12-3-1-2-4-15(12)20-17(13)14(10)9-11/h1-9H. The maximum absolute atomic E-state index is 12.5. The molecule has 0 fully saturated rings. The number of rotatable bonds is 0. The zero-order valence-electron chi connectivity index (χ0n) is 10.4. The first-order chi connectivity index (χ1) is 9.74. The third-order valence-corrected chi connectivity index (χ3v) is 4.02. The molecule has 0 atom stereocenters. The third kappa shape index (κ3) is 1.60. The molecule has 0 aliphatic heterocycles. The van der Waals surface area contributed by atoms with Crippen molar-refractivity contribution in [3.8, 4) is 0 Å². The normalized spacial score (nSPS) is 11.4. The lowest BCUT2D eigenvalue weighted by atomic mass is 10.1. The van der Waals surface area contributed by atoms with Crippen molar-refractivity contribution in [3.05, 3.63) is 69.3 Å². The predicted molar refractivity (Wildman–Crippen MR) is 85.2 cm³/mol. The van der Waals surface area contributed by atoms with Crippen LogP contribution in [0.25, 0.3) is 32.7 Å². The Labute approximate surface area is 122 Å². The Hall–Kier alpha value is -2.13. The summed E-state index contributed by atoms with van der Waals surface area (Å²) in [5, 5.41) is 3.24. The SMILES string of the molecule is O=c1c2ccccc2oc2c1ccc1ccc(Br)cc12. The summed E-state index contributed by atoms with van der Waals surface area (Å²) in [4.78, 5) is 12.5. The lowest BCUT2D eigenvalue weighted by Crippen LogP contribution is -2.01. The third-order valence-electron chi connectivity index (χ3n) is 3.52. The van der Waals surface area contributed by atoms with E-state index in [4.69, 9.17) is 4.42 Å². The topological polar surface area (TPSA) is 30.2 Å². The summed E-state index contributed by atoms with van der Waals surface area (Å²) >= 11 is 3.47. The van der Waals surface area contributed by atoms with Crippen LogP contribution in [0.1, 0.15) is 0 Å². The molecule has 0 unspecified atom stereocenters. The minimum Gasteiger partial charge on any atom is -0.455 e. The minimum atomic E-state index is 0.0173. The summed E-state index contributed by atoms with van der Waals surface area (Å²) in [5.74, 6) is 0. The van der Waals surface area contributed by atoms with E-state index in [0.717, 1.165) is 15.2 Å². The largest absolute Gasteiger partial charge is 0.455 e. The van der Waals surface area contributed by atoms with Crippen LogP contribution in [0.5, 0.6) is 0 Å². The Morgan fingerprint density at radius 2 is 1.65 bits per heavy atom. The van der Waals surface area contributed by atoms with Gasteiger partial charge in [0, 0.05) is 9.86 Å². The molecule has 0 saturated carbocycles. The van der Waals surface area contributed by atoms with Gasteiger partial charge in [0.1, 0.15) is 11.2 Å². The highest BCUT2D eigenvalue weighted by molar-refractivity contribution is 9.10. The monoisotopic (exact) mass is 324 g/mol. The Bertz CT molecular complexity index is 1030. The van der Waals surface area contributed by atoms with Crippen molar-refractivity contribution in [1.82, 2.24) is 0 Å². The second-order valence-electron chi connectivity index (χ2n) is 4.74. The first-order valence-corrected chi connectivity index (χ1v) is 7.07. The van der Waals surface area contributed by atoms with Gasteiger partial charge in [0.25, 0.3) is 0 Å². The number of benzene rings is 3. The van der Waals surface area contributed by atoms with E-state index in [-0.39, 0.29) is 5.43 Å². The smallest absolute Gasteiger partial charge is 0.200 e. The molecule has 3 heteroatoms. The fourth-order valence-electron chi connectivity index (χ4n) is 2.55. The summed E-state index contributed by atoms with van der Waals surface area (Å²) in [6, 6.07) is 17.1.